The Labute approximate surface area is 450 Å². The molecule has 8 aromatic rings. The largest absolute Gasteiger partial charge is 0.491 e. The molecular weight excluding hydrogens is 971 g/mol. The van der Waals surface area contributed by atoms with Crippen LogP contribution >= 0.6 is 0 Å². The van der Waals surface area contributed by atoms with E-state index in [2.05, 4.69) is 88.0 Å². The lowest BCUT2D eigenvalue weighted by Gasteiger charge is -2.38. The molecule has 400 valence electrons. The molecule has 0 bridgehead atoms. The van der Waals surface area contributed by atoms with Crippen LogP contribution in [0, 0.1) is 0 Å². The molecule has 9 rings (SSSR count). The number of quaternary nitrogens is 1. The quantitative estimate of drug-likeness (QED) is 0.0438. The Kier molecular flexibility index (Phi) is 17.3. The van der Waals surface area contributed by atoms with Gasteiger partial charge in [0, 0.05) is 72.7 Å². The first-order chi connectivity index (χ1) is 37.3. The smallest absolute Gasteiger partial charge is 0.414 e. The summed E-state index contributed by atoms with van der Waals surface area (Å²) in [4.78, 5) is 33.5. The minimum absolute atomic E-state index is 0.288. The molecule has 1 aliphatic heterocycles. The zero-order valence-corrected chi connectivity index (χ0v) is 45.0. The first-order valence-electron chi connectivity index (χ1n) is 26.2. The predicted octanol–water partition coefficient (Wildman–Crippen LogP) is 11.2. The summed E-state index contributed by atoms with van der Waals surface area (Å²) in [7, 11) is 6.41. The molecular formula is C61H70N9O7+. The Bertz CT molecular complexity index is 3250. The van der Waals surface area contributed by atoms with Gasteiger partial charge in [-0.2, -0.15) is 10.2 Å². The number of nitrogens with zero attached hydrogens (tertiary/aromatic N) is 6. The zero-order valence-electron chi connectivity index (χ0n) is 45.0. The fourth-order valence-corrected chi connectivity index (χ4v) is 9.36. The molecule has 16 nitrogen and oxygen atoms in total. The lowest BCUT2D eigenvalue weighted by molar-refractivity contribution is 0.0304. The minimum Gasteiger partial charge on any atom is -0.491 e. The van der Waals surface area contributed by atoms with Gasteiger partial charge >= 0.3 is 6.09 Å². The Morgan fingerprint density at radius 1 is 0.727 bits per heavy atom. The number of hydrogen-bond acceptors (Lipinski definition) is 11. The van der Waals surface area contributed by atoms with Gasteiger partial charge in [-0.1, -0.05) is 60.7 Å². The summed E-state index contributed by atoms with van der Waals surface area (Å²) in [5.74, 6) is 2.52. The highest BCUT2D eigenvalue weighted by Crippen LogP contribution is 2.38. The summed E-state index contributed by atoms with van der Waals surface area (Å²) in [5.41, 5.74) is 7.33. The number of aromatic nitrogens is 4. The number of hydrogen-bond donors (Lipinski definition) is 3. The Balaban J connectivity index is 0.864. The molecule has 1 atom stereocenters. The third-order valence-corrected chi connectivity index (χ3v) is 13.4. The van der Waals surface area contributed by atoms with Gasteiger partial charge in [-0.05, 0) is 118 Å². The van der Waals surface area contributed by atoms with Crippen LogP contribution in [0.15, 0.2) is 151 Å². The Hall–Kier alpha value is -8.02. The maximum Gasteiger partial charge on any atom is 0.414 e. The standard InChI is InChI=1S/C61H69N9O7/c1-61(2,3)77-60(72)69-32-31-68(48-22-20-47(21-23-48)59(71)62-57-53-28-26-51(39-55(53)63-65-57)75-36-34-73-42-45-14-9-7-10-15-45)41-49(69)38-44-18-24-50(25-19-44)70(6,33-13-30-67(4)5)58-54-29-27-52(40-56(54)64-66-58)76-37-35-74-43-46-16-11-8-12-17-46/h7-12,14-29,38-40H,13,30-37,41-43H2,1-6H3,(H2-,62,63,64,65,66,71)/p+1. The van der Waals surface area contributed by atoms with Gasteiger partial charge in [-0.25, -0.2) is 14.4 Å². The second-order valence-corrected chi connectivity index (χ2v) is 20.7. The molecule has 1 aliphatic rings. The van der Waals surface area contributed by atoms with Crippen molar-refractivity contribution in [3.63, 3.8) is 0 Å². The van der Waals surface area contributed by atoms with Crippen LogP contribution in [0.25, 0.3) is 27.9 Å². The molecule has 16 heteroatoms. The molecule has 6 aromatic carbocycles. The van der Waals surface area contributed by atoms with Gasteiger partial charge in [-0.3, -0.25) is 14.8 Å². The van der Waals surface area contributed by atoms with E-state index in [1.165, 1.54) is 0 Å². The van der Waals surface area contributed by atoms with Gasteiger partial charge < -0.3 is 38.8 Å². The Morgan fingerprint density at radius 2 is 1.36 bits per heavy atom. The van der Waals surface area contributed by atoms with Crippen LogP contribution < -0.4 is 24.2 Å². The average Bonchev–Trinajstić information content (AvgIpc) is 4.04. The number of rotatable bonds is 22. The number of fused-ring (bicyclic) bond motifs is 2. The van der Waals surface area contributed by atoms with E-state index in [0.717, 1.165) is 86.6 Å². The lowest BCUT2D eigenvalue weighted by atomic mass is 10.1. The first-order valence-corrected chi connectivity index (χ1v) is 26.2. The van der Waals surface area contributed by atoms with Crippen molar-refractivity contribution >= 4 is 62.9 Å². The van der Waals surface area contributed by atoms with Crippen LogP contribution in [0.4, 0.5) is 27.8 Å². The number of amides is 2. The van der Waals surface area contributed by atoms with Crippen LogP contribution in [0.2, 0.25) is 0 Å². The van der Waals surface area contributed by atoms with Crippen molar-refractivity contribution < 1.29 is 33.3 Å². The van der Waals surface area contributed by atoms with Crippen molar-refractivity contribution in [2.45, 2.75) is 46.0 Å². The van der Waals surface area contributed by atoms with Crippen molar-refractivity contribution in [2.75, 3.05) is 90.5 Å². The van der Waals surface area contributed by atoms with Crippen LogP contribution in [-0.2, 0) is 27.4 Å². The van der Waals surface area contributed by atoms with Gasteiger partial charge in [0.15, 0.2) is 5.82 Å². The lowest BCUT2D eigenvalue weighted by Crippen LogP contribution is -2.48. The molecule has 0 saturated carbocycles. The number of H-pyrrole nitrogens is 2. The molecule has 1 fully saturated rings. The summed E-state index contributed by atoms with van der Waals surface area (Å²) >= 11 is 0. The number of nitrogens with one attached hydrogen (secondary N) is 3. The van der Waals surface area contributed by atoms with E-state index in [9.17, 15) is 9.59 Å². The van der Waals surface area contributed by atoms with Crippen LogP contribution in [-0.4, -0.2) is 128 Å². The molecule has 0 radical (unpaired) electrons. The molecule has 2 aromatic heterocycles. The summed E-state index contributed by atoms with van der Waals surface area (Å²) in [5, 5.41) is 20.3. The highest BCUT2D eigenvalue weighted by atomic mass is 16.6. The third kappa shape index (κ3) is 14.1. The van der Waals surface area contributed by atoms with Crippen molar-refractivity contribution in [1.82, 2.24) is 34.7 Å². The van der Waals surface area contributed by atoms with Gasteiger partial charge in [0.05, 0.1) is 57.5 Å². The van der Waals surface area contributed by atoms with E-state index in [-0.39, 0.29) is 5.91 Å². The van der Waals surface area contributed by atoms with E-state index in [4.69, 9.17) is 28.8 Å². The highest BCUT2D eigenvalue weighted by molar-refractivity contribution is 6.08. The monoisotopic (exact) mass is 1040 g/mol. The van der Waals surface area contributed by atoms with Crippen LogP contribution in [0.3, 0.4) is 0 Å². The van der Waals surface area contributed by atoms with Crippen LogP contribution in [0.1, 0.15) is 54.2 Å². The fraction of sp³-hybridized carbons (Fsp3) is 0.311. The molecule has 1 unspecified atom stereocenters. The molecule has 0 aliphatic carbocycles. The van der Waals surface area contributed by atoms with Gasteiger partial charge in [-0.15, -0.1) is 0 Å². The van der Waals surface area contributed by atoms with Gasteiger partial charge in [0.2, 0.25) is 5.82 Å². The topological polar surface area (TPSA) is 159 Å². The minimum atomic E-state index is -0.673. The Morgan fingerprint density at radius 3 is 2.00 bits per heavy atom. The average molecular weight is 1040 g/mol. The molecule has 2 amide bonds. The predicted molar refractivity (Wildman–Crippen MR) is 305 cm³/mol. The third-order valence-electron chi connectivity index (χ3n) is 13.4. The van der Waals surface area contributed by atoms with Crippen molar-refractivity contribution in [1.29, 1.82) is 0 Å². The van der Waals surface area contributed by atoms with E-state index in [0.29, 0.717) is 80.9 Å². The number of piperazine rings is 1. The molecule has 0 spiro atoms. The number of carbonyl (C=O) groups excluding carboxylic acids is 2. The first kappa shape index (κ1) is 53.8. The summed E-state index contributed by atoms with van der Waals surface area (Å²) in [6, 6.07) is 47.8. The normalized spacial score (nSPS) is 14.3. The van der Waals surface area contributed by atoms with Crippen molar-refractivity contribution in [3.8, 4) is 11.5 Å². The van der Waals surface area contributed by atoms with Crippen molar-refractivity contribution in [2.24, 2.45) is 0 Å². The summed E-state index contributed by atoms with van der Waals surface area (Å²) in [6.07, 6.45) is 2.60. The number of aromatic amines is 2. The van der Waals surface area contributed by atoms with Crippen LogP contribution in [0.5, 0.6) is 11.5 Å². The van der Waals surface area contributed by atoms with E-state index >= 15 is 0 Å². The maximum absolute atomic E-state index is 13.8. The van der Waals surface area contributed by atoms with Crippen molar-refractivity contribution in [3.05, 3.63) is 174 Å². The summed E-state index contributed by atoms with van der Waals surface area (Å²) in [6.45, 7) is 11.6. The van der Waals surface area contributed by atoms with E-state index < -0.39 is 11.7 Å². The fourth-order valence-electron chi connectivity index (χ4n) is 9.36. The number of carbonyl (C=O) groups is 2. The molecule has 3 heterocycles. The zero-order chi connectivity index (χ0) is 53.8. The number of ether oxygens (including phenoxy) is 5. The molecule has 1 saturated heterocycles. The SMILES string of the molecule is CN(C)CCC[N+](C)(c1ccc(C=C2CN(c3ccc(C(=O)Nc4n[nH]c5cc(OCCOCc6ccccc6)ccc45)cc3)CCN2C(=O)OC(C)(C)C)cc1)c1[nH]nc2cc(OCCOCc3ccccc3)ccc12. The van der Waals surface area contributed by atoms with Gasteiger partial charge in [0.25, 0.3) is 5.91 Å². The summed E-state index contributed by atoms with van der Waals surface area (Å²) < 4.78 is 30.0. The molecule has 77 heavy (non-hydrogen) atoms. The second kappa shape index (κ2) is 24.8. The highest BCUT2D eigenvalue weighted by Gasteiger charge is 2.33. The number of anilines is 2. The van der Waals surface area contributed by atoms with Gasteiger partial charge in [0.1, 0.15) is 41.5 Å². The van der Waals surface area contributed by atoms with E-state index in [1.807, 2.05) is 136 Å². The maximum atomic E-state index is 13.8. The van der Waals surface area contributed by atoms with E-state index in [1.54, 1.807) is 4.90 Å². The second-order valence-electron chi connectivity index (χ2n) is 20.7. The molecule has 3 N–H and O–H groups in total. The number of benzene rings is 6.